The molecular formula is C11H21N3O. The monoisotopic (exact) mass is 211 g/mol. The van der Waals surface area contributed by atoms with E-state index in [2.05, 4.69) is 22.4 Å². The second-order valence-corrected chi connectivity index (χ2v) is 4.05. The fourth-order valence-electron chi connectivity index (χ4n) is 1.46. The van der Waals surface area contributed by atoms with E-state index in [0.717, 1.165) is 18.5 Å². The average Bonchev–Trinajstić information content (AvgIpc) is 2.79. The number of nitrogens with one attached hydrogen (secondary N) is 2. The summed E-state index contributed by atoms with van der Waals surface area (Å²) < 4.78 is 0. The zero-order valence-corrected chi connectivity index (χ0v) is 9.75. The number of aliphatic hydroxyl groups is 1. The Kier molecular flexibility index (Phi) is 4.29. The SMILES string of the molecule is CCC(O)(CC)CNC(C)c1ccn[nH]1. The van der Waals surface area contributed by atoms with Crippen LogP contribution in [0.2, 0.25) is 0 Å². The molecule has 0 aliphatic rings. The van der Waals surface area contributed by atoms with Gasteiger partial charge in [0.2, 0.25) is 0 Å². The van der Waals surface area contributed by atoms with Crippen LogP contribution >= 0.6 is 0 Å². The molecule has 0 radical (unpaired) electrons. The van der Waals surface area contributed by atoms with E-state index in [1.54, 1.807) is 6.20 Å². The van der Waals surface area contributed by atoms with Crippen LogP contribution in [0.25, 0.3) is 0 Å². The molecule has 1 aromatic heterocycles. The molecule has 1 heterocycles. The Balaban J connectivity index is 2.43. The summed E-state index contributed by atoms with van der Waals surface area (Å²) in [5, 5.41) is 20.2. The Bertz CT molecular complexity index is 267. The molecule has 0 aliphatic heterocycles. The minimum atomic E-state index is -0.589. The first-order valence-electron chi connectivity index (χ1n) is 5.56. The van der Waals surface area contributed by atoms with E-state index in [1.807, 2.05) is 19.9 Å². The molecule has 0 saturated carbocycles. The number of hydrogen-bond donors (Lipinski definition) is 3. The van der Waals surface area contributed by atoms with Gasteiger partial charge in [-0.2, -0.15) is 5.10 Å². The fourth-order valence-corrected chi connectivity index (χ4v) is 1.46. The van der Waals surface area contributed by atoms with E-state index in [-0.39, 0.29) is 6.04 Å². The van der Waals surface area contributed by atoms with Gasteiger partial charge in [0.25, 0.3) is 0 Å². The van der Waals surface area contributed by atoms with Crippen LogP contribution in [-0.4, -0.2) is 27.4 Å². The first kappa shape index (κ1) is 12.2. The van der Waals surface area contributed by atoms with Crippen molar-refractivity contribution in [3.8, 4) is 0 Å². The standard InChI is InChI=1S/C11H21N3O/c1-4-11(15,5-2)8-12-9(3)10-6-7-13-14-10/h6-7,9,12,15H,4-5,8H2,1-3H3,(H,13,14). The molecule has 0 spiro atoms. The third kappa shape index (κ3) is 3.32. The summed E-state index contributed by atoms with van der Waals surface area (Å²) in [6.45, 7) is 6.68. The summed E-state index contributed by atoms with van der Waals surface area (Å²) >= 11 is 0. The fraction of sp³-hybridized carbons (Fsp3) is 0.727. The summed E-state index contributed by atoms with van der Waals surface area (Å²) in [6.07, 6.45) is 3.28. The van der Waals surface area contributed by atoms with Gasteiger partial charge in [0.1, 0.15) is 0 Å². The van der Waals surface area contributed by atoms with Gasteiger partial charge in [-0.15, -0.1) is 0 Å². The van der Waals surface area contributed by atoms with Crippen LogP contribution in [0, 0.1) is 0 Å². The summed E-state index contributed by atoms with van der Waals surface area (Å²) in [5.74, 6) is 0. The van der Waals surface area contributed by atoms with E-state index in [4.69, 9.17) is 0 Å². The maximum Gasteiger partial charge on any atom is 0.0766 e. The van der Waals surface area contributed by atoms with Crippen LogP contribution in [0.1, 0.15) is 45.3 Å². The highest BCUT2D eigenvalue weighted by molar-refractivity contribution is 5.03. The Morgan fingerprint density at radius 1 is 1.53 bits per heavy atom. The minimum absolute atomic E-state index is 0.192. The van der Waals surface area contributed by atoms with Crippen LogP contribution < -0.4 is 5.32 Å². The normalized spacial score (nSPS) is 14.1. The highest BCUT2D eigenvalue weighted by Gasteiger charge is 2.22. The molecule has 15 heavy (non-hydrogen) atoms. The van der Waals surface area contributed by atoms with Crippen molar-refractivity contribution in [3.05, 3.63) is 18.0 Å². The van der Waals surface area contributed by atoms with E-state index >= 15 is 0 Å². The van der Waals surface area contributed by atoms with E-state index < -0.39 is 5.60 Å². The molecule has 0 bridgehead atoms. The van der Waals surface area contributed by atoms with Crippen LogP contribution in [0.15, 0.2) is 12.3 Å². The lowest BCUT2D eigenvalue weighted by Crippen LogP contribution is -2.40. The van der Waals surface area contributed by atoms with Gasteiger partial charge in [0.05, 0.1) is 11.3 Å². The zero-order valence-electron chi connectivity index (χ0n) is 9.75. The summed E-state index contributed by atoms with van der Waals surface area (Å²) in [4.78, 5) is 0. The molecule has 4 heteroatoms. The zero-order chi connectivity index (χ0) is 11.3. The Hall–Kier alpha value is -0.870. The molecule has 0 aliphatic carbocycles. The number of aromatic amines is 1. The summed E-state index contributed by atoms with van der Waals surface area (Å²) in [5.41, 5.74) is 0.457. The van der Waals surface area contributed by atoms with Crippen molar-refractivity contribution in [2.45, 2.75) is 45.3 Å². The van der Waals surface area contributed by atoms with Crippen LogP contribution in [0.3, 0.4) is 0 Å². The molecular weight excluding hydrogens is 190 g/mol. The number of H-pyrrole nitrogens is 1. The molecule has 0 amide bonds. The van der Waals surface area contributed by atoms with Crippen molar-refractivity contribution >= 4 is 0 Å². The van der Waals surface area contributed by atoms with Gasteiger partial charge in [0, 0.05) is 18.8 Å². The predicted octanol–water partition coefficient (Wildman–Crippen LogP) is 1.61. The third-order valence-electron chi connectivity index (χ3n) is 3.04. The molecule has 1 rings (SSSR count). The largest absolute Gasteiger partial charge is 0.389 e. The third-order valence-corrected chi connectivity index (χ3v) is 3.04. The van der Waals surface area contributed by atoms with Gasteiger partial charge in [-0.1, -0.05) is 13.8 Å². The lowest BCUT2D eigenvalue weighted by Gasteiger charge is -2.27. The number of hydrogen-bond acceptors (Lipinski definition) is 3. The van der Waals surface area contributed by atoms with Crippen molar-refractivity contribution in [3.63, 3.8) is 0 Å². The lowest BCUT2D eigenvalue weighted by atomic mass is 9.97. The topological polar surface area (TPSA) is 60.9 Å². The highest BCUT2D eigenvalue weighted by atomic mass is 16.3. The molecule has 86 valence electrons. The Labute approximate surface area is 91.1 Å². The summed E-state index contributed by atoms with van der Waals surface area (Å²) in [6, 6.07) is 2.13. The van der Waals surface area contributed by atoms with E-state index in [9.17, 15) is 5.11 Å². The molecule has 1 aromatic rings. The highest BCUT2D eigenvalue weighted by Crippen LogP contribution is 2.15. The average molecular weight is 211 g/mol. The van der Waals surface area contributed by atoms with Gasteiger partial charge >= 0.3 is 0 Å². The quantitative estimate of drug-likeness (QED) is 0.670. The maximum atomic E-state index is 10.1. The smallest absolute Gasteiger partial charge is 0.0766 e. The molecule has 3 N–H and O–H groups in total. The van der Waals surface area contributed by atoms with Gasteiger partial charge in [0.15, 0.2) is 0 Å². The molecule has 4 nitrogen and oxygen atoms in total. The van der Waals surface area contributed by atoms with E-state index in [1.165, 1.54) is 0 Å². The molecule has 0 saturated heterocycles. The minimum Gasteiger partial charge on any atom is -0.389 e. The van der Waals surface area contributed by atoms with Crippen LogP contribution in [-0.2, 0) is 0 Å². The molecule has 0 aromatic carbocycles. The second kappa shape index (κ2) is 5.28. The van der Waals surface area contributed by atoms with Crippen molar-refractivity contribution in [1.29, 1.82) is 0 Å². The first-order chi connectivity index (χ1) is 7.11. The van der Waals surface area contributed by atoms with Gasteiger partial charge in [-0.05, 0) is 25.8 Å². The lowest BCUT2D eigenvalue weighted by molar-refractivity contribution is 0.0302. The van der Waals surface area contributed by atoms with Crippen molar-refractivity contribution in [2.24, 2.45) is 0 Å². The Morgan fingerprint density at radius 2 is 2.20 bits per heavy atom. The Morgan fingerprint density at radius 3 is 2.67 bits per heavy atom. The van der Waals surface area contributed by atoms with Crippen LogP contribution in [0.4, 0.5) is 0 Å². The number of aromatic nitrogens is 2. The van der Waals surface area contributed by atoms with Crippen LogP contribution in [0.5, 0.6) is 0 Å². The molecule has 0 fully saturated rings. The molecule has 1 atom stereocenters. The van der Waals surface area contributed by atoms with Crippen molar-refractivity contribution in [1.82, 2.24) is 15.5 Å². The van der Waals surface area contributed by atoms with E-state index in [0.29, 0.717) is 6.54 Å². The maximum absolute atomic E-state index is 10.1. The number of rotatable bonds is 6. The van der Waals surface area contributed by atoms with Gasteiger partial charge in [-0.25, -0.2) is 0 Å². The van der Waals surface area contributed by atoms with Crippen molar-refractivity contribution < 1.29 is 5.11 Å². The first-order valence-corrected chi connectivity index (χ1v) is 5.56. The predicted molar refractivity (Wildman–Crippen MR) is 60.5 cm³/mol. The molecule has 1 unspecified atom stereocenters. The number of nitrogens with zero attached hydrogens (tertiary/aromatic N) is 1. The van der Waals surface area contributed by atoms with Gasteiger partial charge < -0.3 is 10.4 Å². The van der Waals surface area contributed by atoms with Crippen molar-refractivity contribution in [2.75, 3.05) is 6.54 Å². The summed E-state index contributed by atoms with van der Waals surface area (Å²) in [7, 11) is 0. The van der Waals surface area contributed by atoms with Gasteiger partial charge in [-0.3, -0.25) is 5.10 Å². The second-order valence-electron chi connectivity index (χ2n) is 4.05.